The van der Waals surface area contributed by atoms with Crippen molar-refractivity contribution < 1.29 is 9.84 Å². The first-order valence-corrected chi connectivity index (χ1v) is 5.91. The van der Waals surface area contributed by atoms with Gasteiger partial charge in [-0.15, -0.1) is 0 Å². The number of aliphatic hydroxyl groups is 1. The lowest BCUT2D eigenvalue weighted by Crippen LogP contribution is -2.37. The molecule has 0 aromatic carbocycles. The first-order valence-electron chi connectivity index (χ1n) is 5.91. The molecule has 0 unspecified atom stereocenters. The van der Waals surface area contributed by atoms with Gasteiger partial charge in [-0.1, -0.05) is 0 Å². The Kier molecular flexibility index (Phi) is 4.34. The second kappa shape index (κ2) is 5.39. The van der Waals surface area contributed by atoms with Gasteiger partial charge in [0.05, 0.1) is 11.7 Å². The van der Waals surface area contributed by atoms with Crippen LogP contribution in [0.2, 0.25) is 0 Å². The number of ether oxygens (including phenoxy) is 1. The molecular formula is C12H22N4O2. The van der Waals surface area contributed by atoms with E-state index in [2.05, 4.69) is 9.97 Å². The maximum absolute atomic E-state index is 9.80. The van der Waals surface area contributed by atoms with Crippen LogP contribution in [0.1, 0.15) is 27.7 Å². The van der Waals surface area contributed by atoms with E-state index in [9.17, 15) is 5.11 Å². The van der Waals surface area contributed by atoms with Gasteiger partial charge in [-0.3, -0.25) is 0 Å². The Hall–Kier alpha value is -1.56. The molecule has 0 aliphatic rings. The van der Waals surface area contributed by atoms with Crippen LogP contribution in [0.25, 0.3) is 0 Å². The molecule has 0 saturated carbocycles. The summed E-state index contributed by atoms with van der Waals surface area (Å²) in [4.78, 5) is 9.92. The molecule has 3 N–H and O–H groups in total. The smallest absolute Gasteiger partial charge is 0.242 e. The summed E-state index contributed by atoms with van der Waals surface area (Å²) in [7, 11) is 1.82. The van der Waals surface area contributed by atoms with Gasteiger partial charge >= 0.3 is 0 Å². The molecule has 6 nitrogen and oxygen atoms in total. The van der Waals surface area contributed by atoms with Crippen LogP contribution in [0.15, 0.2) is 6.33 Å². The van der Waals surface area contributed by atoms with Crippen molar-refractivity contribution >= 4 is 11.5 Å². The van der Waals surface area contributed by atoms with Gasteiger partial charge in [0.15, 0.2) is 5.82 Å². The van der Waals surface area contributed by atoms with Crippen molar-refractivity contribution in [2.45, 2.75) is 39.4 Å². The molecule has 1 heterocycles. The molecule has 0 amide bonds. The molecule has 0 aliphatic heterocycles. The average molecular weight is 254 g/mol. The van der Waals surface area contributed by atoms with Gasteiger partial charge in [0.25, 0.3) is 0 Å². The van der Waals surface area contributed by atoms with Gasteiger partial charge in [-0.2, -0.15) is 4.98 Å². The minimum Gasteiger partial charge on any atom is -0.473 e. The first-order chi connectivity index (χ1) is 8.20. The number of aromatic nitrogens is 2. The lowest BCUT2D eigenvalue weighted by molar-refractivity contribution is 0.0884. The largest absolute Gasteiger partial charge is 0.473 e. The molecule has 1 aromatic heterocycles. The van der Waals surface area contributed by atoms with Crippen molar-refractivity contribution in [3.05, 3.63) is 6.33 Å². The minimum absolute atomic E-state index is 0.00496. The van der Waals surface area contributed by atoms with Crippen molar-refractivity contribution in [2.24, 2.45) is 0 Å². The van der Waals surface area contributed by atoms with Crippen molar-refractivity contribution in [3.63, 3.8) is 0 Å². The summed E-state index contributed by atoms with van der Waals surface area (Å²) in [6.45, 7) is 7.68. The van der Waals surface area contributed by atoms with Gasteiger partial charge in [-0.05, 0) is 27.7 Å². The van der Waals surface area contributed by atoms with E-state index in [1.165, 1.54) is 6.33 Å². The van der Waals surface area contributed by atoms with E-state index >= 15 is 0 Å². The first kappa shape index (κ1) is 14.5. The van der Waals surface area contributed by atoms with E-state index in [1.54, 1.807) is 18.7 Å². The minimum atomic E-state index is -0.828. The summed E-state index contributed by atoms with van der Waals surface area (Å²) < 4.78 is 5.50. The zero-order valence-corrected chi connectivity index (χ0v) is 11.6. The van der Waals surface area contributed by atoms with Crippen LogP contribution in [-0.2, 0) is 0 Å². The number of nitrogens with zero attached hydrogens (tertiary/aromatic N) is 3. The fourth-order valence-corrected chi connectivity index (χ4v) is 1.65. The number of rotatable bonds is 5. The number of nitrogens with two attached hydrogens (primary N) is 1. The lowest BCUT2D eigenvalue weighted by Gasteiger charge is -2.27. The van der Waals surface area contributed by atoms with Crippen LogP contribution in [-0.4, -0.2) is 40.4 Å². The summed E-state index contributed by atoms with van der Waals surface area (Å²) in [5.41, 5.74) is 5.54. The number of likely N-dealkylation sites (N-methyl/N-ethyl adjacent to an activating group) is 1. The summed E-state index contributed by atoms with van der Waals surface area (Å²) in [5, 5.41) is 9.80. The number of hydrogen-bond donors (Lipinski definition) is 2. The molecule has 1 rings (SSSR count). The molecule has 0 bridgehead atoms. The molecule has 0 fully saturated rings. The highest BCUT2D eigenvalue weighted by Crippen LogP contribution is 2.28. The topological polar surface area (TPSA) is 84.5 Å². The Morgan fingerprint density at radius 1 is 1.44 bits per heavy atom. The average Bonchev–Trinajstić information content (AvgIpc) is 2.17. The highest BCUT2D eigenvalue weighted by atomic mass is 16.5. The fraction of sp³-hybridized carbons (Fsp3) is 0.667. The molecule has 0 spiro atoms. The zero-order valence-electron chi connectivity index (χ0n) is 11.6. The Bertz CT molecular complexity index is 402. The molecule has 18 heavy (non-hydrogen) atoms. The van der Waals surface area contributed by atoms with E-state index in [-0.39, 0.29) is 6.10 Å². The Labute approximate surface area is 108 Å². The standard InChI is InChI=1S/C12H22N4O2/c1-8(2)18-11-9(13)10(14-7-15-11)16(5)6-12(3,4)17/h7-8,17H,6,13H2,1-5H3. The molecule has 1 aromatic rings. The van der Waals surface area contributed by atoms with E-state index in [0.29, 0.717) is 23.9 Å². The molecule has 0 aliphatic carbocycles. The lowest BCUT2D eigenvalue weighted by atomic mass is 10.1. The predicted molar refractivity (Wildman–Crippen MR) is 71.8 cm³/mol. The normalized spacial score (nSPS) is 11.7. The van der Waals surface area contributed by atoms with Gasteiger partial charge in [-0.25, -0.2) is 4.98 Å². The maximum Gasteiger partial charge on any atom is 0.242 e. The highest BCUT2D eigenvalue weighted by molar-refractivity contribution is 5.67. The third-order valence-electron chi connectivity index (χ3n) is 2.16. The summed E-state index contributed by atoms with van der Waals surface area (Å²) in [6, 6.07) is 0. The maximum atomic E-state index is 9.80. The second-order valence-corrected chi connectivity index (χ2v) is 5.25. The van der Waals surface area contributed by atoms with E-state index < -0.39 is 5.60 Å². The van der Waals surface area contributed by atoms with Crippen LogP contribution < -0.4 is 15.4 Å². The molecule has 102 valence electrons. The van der Waals surface area contributed by atoms with Crippen LogP contribution in [0, 0.1) is 0 Å². The Morgan fingerprint density at radius 2 is 2.06 bits per heavy atom. The van der Waals surface area contributed by atoms with Gasteiger partial charge < -0.3 is 20.5 Å². The predicted octanol–water partition coefficient (Wildman–Crippen LogP) is 1.05. The molecular weight excluding hydrogens is 232 g/mol. The highest BCUT2D eigenvalue weighted by Gasteiger charge is 2.20. The molecule has 0 radical (unpaired) electrons. The van der Waals surface area contributed by atoms with Crippen molar-refractivity contribution in [3.8, 4) is 5.88 Å². The number of nitrogen functional groups attached to an aromatic ring is 1. The SMILES string of the molecule is CC(C)Oc1ncnc(N(C)CC(C)(C)O)c1N. The number of hydrogen-bond acceptors (Lipinski definition) is 6. The van der Waals surface area contributed by atoms with Crippen LogP contribution in [0.4, 0.5) is 11.5 Å². The monoisotopic (exact) mass is 254 g/mol. The summed E-state index contributed by atoms with van der Waals surface area (Å²) >= 11 is 0. The quantitative estimate of drug-likeness (QED) is 0.817. The molecule has 0 atom stereocenters. The number of anilines is 2. The Morgan fingerprint density at radius 3 is 2.56 bits per heavy atom. The third kappa shape index (κ3) is 4.03. The fourth-order valence-electron chi connectivity index (χ4n) is 1.65. The van der Waals surface area contributed by atoms with Gasteiger partial charge in [0.2, 0.25) is 5.88 Å². The summed E-state index contributed by atoms with van der Waals surface area (Å²) in [6.07, 6.45) is 1.40. The van der Waals surface area contributed by atoms with Crippen LogP contribution >= 0.6 is 0 Å². The van der Waals surface area contributed by atoms with E-state index in [1.807, 2.05) is 20.9 Å². The van der Waals surface area contributed by atoms with Crippen LogP contribution in [0.3, 0.4) is 0 Å². The third-order valence-corrected chi connectivity index (χ3v) is 2.16. The van der Waals surface area contributed by atoms with Crippen molar-refractivity contribution in [1.82, 2.24) is 9.97 Å². The van der Waals surface area contributed by atoms with Gasteiger partial charge in [0.1, 0.15) is 12.0 Å². The van der Waals surface area contributed by atoms with Crippen molar-refractivity contribution in [1.29, 1.82) is 0 Å². The summed E-state index contributed by atoms with van der Waals surface area (Å²) in [5.74, 6) is 0.931. The Balaban J connectivity index is 2.96. The van der Waals surface area contributed by atoms with Gasteiger partial charge in [0, 0.05) is 13.6 Å². The van der Waals surface area contributed by atoms with E-state index in [4.69, 9.17) is 10.5 Å². The van der Waals surface area contributed by atoms with Crippen molar-refractivity contribution in [2.75, 3.05) is 24.2 Å². The van der Waals surface area contributed by atoms with Crippen LogP contribution in [0.5, 0.6) is 5.88 Å². The second-order valence-electron chi connectivity index (χ2n) is 5.25. The van der Waals surface area contributed by atoms with E-state index in [0.717, 1.165) is 0 Å². The zero-order chi connectivity index (χ0) is 13.9. The molecule has 0 saturated heterocycles. The molecule has 6 heteroatoms.